The van der Waals surface area contributed by atoms with Crippen LogP contribution in [0.15, 0.2) is 60.2 Å². The van der Waals surface area contributed by atoms with E-state index in [0.717, 1.165) is 0 Å². The molecule has 6 rings (SSSR count). The van der Waals surface area contributed by atoms with E-state index in [1.54, 1.807) is 11.1 Å². The van der Waals surface area contributed by atoms with Gasteiger partial charge in [0.05, 0.1) is 5.41 Å². The topological polar surface area (TPSA) is 115 Å². The van der Waals surface area contributed by atoms with E-state index >= 15 is 0 Å². The summed E-state index contributed by atoms with van der Waals surface area (Å²) in [7, 11) is 0. The Morgan fingerprint density at radius 1 is 0.696 bits per heavy atom. The molecule has 0 bridgehead atoms. The fourth-order valence-electron chi connectivity index (χ4n) is 8.57. The highest BCUT2D eigenvalue weighted by atomic mass is 16.4. The van der Waals surface area contributed by atoms with Gasteiger partial charge >= 0.3 is 11.9 Å². The molecule has 6 nitrogen and oxygen atoms in total. The van der Waals surface area contributed by atoms with E-state index < -0.39 is 17.4 Å². The van der Waals surface area contributed by atoms with Crippen LogP contribution in [0.3, 0.4) is 0 Å². The molecule has 1 unspecified atom stereocenters. The molecule has 3 fully saturated rings. The van der Waals surface area contributed by atoms with Crippen LogP contribution in [0.2, 0.25) is 0 Å². The molecule has 4 aliphatic rings. The summed E-state index contributed by atoms with van der Waals surface area (Å²) in [5.41, 5.74) is 5.12. The van der Waals surface area contributed by atoms with Crippen molar-refractivity contribution in [2.45, 2.75) is 133 Å². The van der Waals surface area contributed by atoms with E-state index in [1.807, 2.05) is 18.2 Å². The minimum atomic E-state index is -1.08. The molecule has 4 aliphatic carbocycles. The molecule has 6 heteroatoms. The van der Waals surface area contributed by atoms with Crippen molar-refractivity contribution < 1.29 is 30.0 Å². The molecule has 0 spiro atoms. The first-order valence-electron chi connectivity index (χ1n) is 17.5. The van der Waals surface area contributed by atoms with E-state index in [9.17, 15) is 19.8 Å². The van der Waals surface area contributed by atoms with Crippen molar-refractivity contribution in [2.24, 2.45) is 5.41 Å². The molecule has 2 aromatic carbocycles. The Morgan fingerprint density at radius 3 is 1.80 bits per heavy atom. The monoisotopic (exact) mass is 628 g/mol. The second kappa shape index (κ2) is 14.5. The fraction of sp³-hybridized carbons (Fsp3) is 0.550. The first kappa shape index (κ1) is 33.8. The molecule has 1 atom stereocenters. The summed E-state index contributed by atoms with van der Waals surface area (Å²) in [6.07, 6.45) is 22.4. The normalized spacial score (nSPS) is 27.3. The molecule has 248 valence electrons. The van der Waals surface area contributed by atoms with Crippen molar-refractivity contribution in [2.75, 3.05) is 0 Å². The number of hydrogen-bond acceptors (Lipinski definition) is 4. The smallest absolute Gasteiger partial charge is 0.331 e. The minimum Gasteiger partial charge on any atom is -0.508 e. The van der Waals surface area contributed by atoms with Gasteiger partial charge in [0, 0.05) is 11.1 Å². The molecule has 0 aliphatic heterocycles. The lowest BCUT2D eigenvalue weighted by atomic mass is 9.64. The summed E-state index contributed by atoms with van der Waals surface area (Å²) in [5.74, 6) is 0.676. The van der Waals surface area contributed by atoms with E-state index in [1.165, 1.54) is 126 Å². The number of aromatic hydroxyl groups is 2. The lowest BCUT2D eigenvalue weighted by Gasteiger charge is -2.40. The predicted molar refractivity (Wildman–Crippen MR) is 182 cm³/mol. The van der Waals surface area contributed by atoms with E-state index in [4.69, 9.17) is 10.2 Å². The molecular weight excluding hydrogens is 576 g/mol. The number of phenolic OH excluding ortho intramolecular Hbond substituents is 2. The highest BCUT2D eigenvalue weighted by Gasteiger charge is 2.37. The Morgan fingerprint density at radius 2 is 1.26 bits per heavy atom. The Bertz CT molecular complexity index is 1430. The Kier molecular flexibility index (Phi) is 10.6. The second-order valence-electron chi connectivity index (χ2n) is 14.8. The van der Waals surface area contributed by atoms with Crippen LogP contribution in [0.4, 0.5) is 0 Å². The van der Waals surface area contributed by atoms with E-state index in [0.29, 0.717) is 29.3 Å². The molecule has 0 radical (unpaired) electrons. The summed E-state index contributed by atoms with van der Waals surface area (Å²) in [4.78, 5) is 21.3. The standard InChI is InChI=1S/C31H42O2.C9H10O4/c1-31(25-12-14-26(32)15-13-25)20-18-22(19-21-31)27-16-17-28(33)30(24-10-6-3-7-11-24)29(27)23-8-4-2-5-9-23;1-9(8(12)13)4-2-3-6(5-9)7(10)11/h12-17,22-24,32-33H,2-11,18-21H2,1H3;2-4H,5H2,1H3,(H,10,11)(H,12,13). The van der Waals surface area contributed by atoms with Crippen molar-refractivity contribution in [3.63, 3.8) is 0 Å². The zero-order valence-corrected chi connectivity index (χ0v) is 27.6. The van der Waals surface area contributed by atoms with Crippen LogP contribution in [0, 0.1) is 5.41 Å². The zero-order chi connectivity index (χ0) is 32.9. The molecular formula is C40H52O6. The van der Waals surface area contributed by atoms with Crippen molar-refractivity contribution >= 4 is 11.9 Å². The van der Waals surface area contributed by atoms with Gasteiger partial charge in [-0.05, 0) is 123 Å². The maximum atomic E-state index is 11.1. The average molecular weight is 629 g/mol. The minimum absolute atomic E-state index is 0.0359. The maximum Gasteiger partial charge on any atom is 0.331 e. The van der Waals surface area contributed by atoms with Gasteiger partial charge in [-0.15, -0.1) is 0 Å². The summed E-state index contributed by atoms with van der Waals surface area (Å²) >= 11 is 0. The van der Waals surface area contributed by atoms with Crippen molar-refractivity contribution in [3.05, 3.63) is 82.5 Å². The zero-order valence-electron chi connectivity index (χ0n) is 27.6. The summed E-state index contributed by atoms with van der Waals surface area (Å²) in [5, 5.41) is 38.3. The molecule has 0 amide bonds. The van der Waals surface area contributed by atoms with Crippen LogP contribution < -0.4 is 0 Å². The number of benzene rings is 2. The van der Waals surface area contributed by atoms with Gasteiger partial charge in [-0.3, -0.25) is 4.79 Å². The van der Waals surface area contributed by atoms with Crippen LogP contribution in [0.1, 0.15) is 150 Å². The van der Waals surface area contributed by atoms with Crippen molar-refractivity contribution in [1.29, 1.82) is 0 Å². The molecule has 0 saturated heterocycles. The number of carboxylic acids is 2. The van der Waals surface area contributed by atoms with Crippen LogP contribution in [0.25, 0.3) is 0 Å². The van der Waals surface area contributed by atoms with Gasteiger partial charge < -0.3 is 20.4 Å². The van der Waals surface area contributed by atoms with Crippen LogP contribution in [-0.2, 0) is 15.0 Å². The molecule has 46 heavy (non-hydrogen) atoms. The van der Waals surface area contributed by atoms with Crippen LogP contribution >= 0.6 is 0 Å². The van der Waals surface area contributed by atoms with Crippen molar-refractivity contribution in [1.82, 2.24) is 0 Å². The number of carbonyl (C=O) groups is 2. The fourth-order valence-corrected chi connectivity index (χ4v) is 8.57. The number of phenols is 2. The number of aliphatic carboxylic acids is 2. The van der Waals surface area contributed by atoms with Gasteiger partial charge in [-0.25, -0.2) is 4.79 Å². The summed E-state index contributed by atoms with van der Waals surface area (Å²) < 4.78 is 0. The first-order valence-corrected chi connectivity index (χ1v) is 17.5. The summed E-state index contributed by atoms with van der Waals surface area (Å²) in [6.45, 7) is 3.91. The van der Waals surface area contributed by atoms with Crippen molar-refractivity contribution in [3.8, 4) is 11.5 Å². The molecule has 3 saturated carbocycles. The lowest BCUT2D eigenvalue weighted by Crippen LogP contribution is -2.28. The van der Waals surface area contributed by atoms with Crippen LogP contribution in [0.5, 0.6) is 11.5 Å². The predicted octanol–water partition coefficient (Wildman–Crippen LogP) is 9.86. The second-order valence-corrected chi connectivity index (χ2v) is 14.8. The number of hydrogen-bond donors (Lipinski definition) is 4. The van der Waals surface area contributed by atoms with E-state index in [2.05, 4.69) is 25.1 Å². The van der Waals surface area contributed by atoms with E-state index in [-0.39, 0.29) is 17.4 Å². The number of carboxylic acid groups (broad SMARTS) is 2. The third-order valence-electron chi connectivity index (χ3n) is 11.5. The molecule has 0 aromatic heterocycles. The maximum absolute atomic E-state index is 11.1. The highest BCUT2D eigenvalue weighted by molar-refractivity contribution is 5.90. The van der Waals surface area contributed by atoms with Gasteiger partial charge in [0.1, 0.15) is 11.5 Å². The Labute approximate surface area is 274 Å². The molecule has 2 aromatic rings. The molecule has 4 N–H and O–H groups in total. The molecule has 0 heterocycles. The third-order valence-corrected chi connectivity index (χ3v) is 11.5. The largest absolute Gasteiger partial charge is 0.508 e. The summed E-state index contributed by atoms with van der Waals surface area (Å²) in [6, 6.07) is 12.3. The SMILES string of the molecule is CC1(C(=O)O)C=CC=C(C(=O)O)C1.CC1(c2ccc(O)cc2)CCC(c2ccc(O)c(C3CCCCC3)c2C2CCCCC2)CC1. The van der Waals surface area contributed by atoms with Gasteiger partial charge in [0.25, 0.3) is 0 Å². The lowest BCUT2D eigenvalue weighted by molar-refractivity contribution is -0.145. The first-order chi connectivity index (χ1) is 22.0. The quantitative estimate of drug-likeness (QED) is 0.253. The number of allylic oxidation sites excluding steroid dienone is 2. The van der Waals surface area contributed by atoms with Gasteiger partial charge in [0.15, 0.2) is 0 Å². The third kappa shape index (κ3) is 7.53. The number of rotatable bonds is 6. The average Bonchev–Trinajstić information content (AvgIpc) is 3.06. The van der Waals surface area contributed by atoms with Gasteiger partial charge in [-0.2, -0.15) is 0 Å². The Hall–Kier alpha value is -3.54. The van der Waals surface area contributed by atoms with Crippen LogP contribution in [-0.4, -0.2) is 32.4 Å². The van der Waals surface area contributed by atoms with Gasteiger partial charge in [0.2, 0.25) is 0 Å². The van der Waals surface area contributed by atoms with Gasteiger partial charge in [-0.1, -0.05) is 81.9 Å². The highest BCUT2D eigenvalue weighted by Crippen LogP contribution is 2.51. The Balaban J connectivity index is 0.000000270.